The molecule has 0 N–H and O–H groups in total. The van der Waals surface area contributed by atoms with Crippen LogP contribution in [-0.4, -0.2) is 13.4 Å². The van der Waals surface area contributed by atoms with E-state index < -0.39 is 9.84 Å². The van der Waals surface area contributed by atoms with Gasteiger partial charge in [0.25, 0.3) is 0 Å². The molecule has 0 bridgehead atoms. The first-order valence-corrected chi connectivity index (χ1v) is 8.21. The minimum absolute atomic E-state index is 0.00514. The lowest BCUT2D eigenvalue weighted by Crippen LogP contribution is -2.05. The Balaban J connectivity index is 2.31. The first-order valence-electron chi connectivity index (χ1n) is 6.35. The first-order chi connectivity index (χ1) is 9.98. The summed E-state index contributed by atoms with van der Waals surface area (Å²) < 4.78 is 25.6. The van der Waals surface area contributed by atoms with Crippen molar-refractivity contribution in [3.05, 3.63) is 65.3 Å². The summed E-state index contributed by atoms with van der Waals surface area (Å²) in [4.78, 5) is 4.27. The van der Waals surface area contributed by atoms with Crippen molar-refractivity contribution in [3.63, 3.8) is 0 Å². The Hall–Kier alpha value is -1.91. The Morgan fingerprint density at radius 2 is 1.67 bits per heavy atom. The number of benzene rings is 2. The maximum absolute atomic E-state index is 12.8. The van der Waals surface area contributed by atoms with Gasteiger partial charge in [0.1, 0.15) is 5.15 Å². The van der Waals surface area contributed by atoms with E-state index in [0.717, 1.165) is 10.9 Å². The lowest BCUT2D eigenvalue weighted by molar-refractivity contribution is 0.593. The third-order valence-corrected chi connectivity index (χ3v) is 5.17. The van der Waals surface area contributed by atoms with Crippen LogP contribution in [0, 0.1) is 6.92 Å². The van der Waals surface area contributed by atoms with Gasteiger partial charge < -0.3 is 0 Å². The zero-order valence-corrected chi connectivity index (χ0v) is 12.8. The summed E-state index contributed by atoms with van der Waals surface area (Å²) in [7, 11) is -3.70. The fourth-order valence-corrected chi connectivity index (χ4v) is 3.83. The molecule has 0 radical (unpaired) electrons. The second-order valence-corrected chi connectivity index (χ2v) is 7.04. The zero-order chi connectivity index (χ0) is 15.0. The summed E-state index contributed by atoms with van der Waals surface area (Å²) in [5.74, 6) is 0. The van der Waals surface area contributed by atoms with Crippen molar-refractivity contribution in [1.82, 2.24) is 4.98 Å². The van der Waals surface area contributed by atoms with Crippen molar-refractivity contribution in [3.8, 4) is 0 Å². The average Bonchev–Trinajstić information content (AvgIpc) is 2.46. The molecule has 5 heteroatoms. The summed E-state index contributed by atoms with van der Waals surface area (Å²) >= 11 is 5.97. The second-order valence-electron chi connectivity index (χ2n) is 4.79. The van der Waals surface area contributed by atoms with Crippen LogP contribution in [0.2, 0.25) is 5.15 Å². The Bertz CT molecular complexity index is 919. The molecule has 0 amide bonds. The third kappa shape index (κ3) is 2.52. The number of rotatable bonds is 2. The molecule has 0 spiro atoms. The van der Waals surface area contributed by atoms with Crippen LogP contribution >= 0.6 is 11.6 Å². The summed E-state index contributed by atoms with van der Waals surface area (Å²) in [6.07, 6.45) is 0. The number of sulfone groups is 1. The molecule has 3 nitrogen and oxygen atoms in total. The van der Waals surface area contributed by atoms with E-state index in [9.17, 15) is 8.42 Å². The molecule has 1 aromatic heterocycles. The van der Waals surface area contributed by atoms with Gasteiger partial charge in [0.05, 0.1) is 4.90 Å². The number of fused-ring (bicyclic) bond motifs is 1. The van der Waals surface area contributed by atoms with E-state index in [1.807, 2.05) is 19.1 Å². The van der Waals surface area contributed by atoms with Gasteiger partial charge in [-0.2, -0.15) is 0 Å². The molecule has 0 aliphatic heterocycles. The normalized spacial score (nSPS) is 11.7. The van der Waals surface area contributed by atoms with Crippen molar-refractivity contribution >= 4 is 32.2 Å². The molecule has 2 aromatic carbocycles. The molecule has 0 saturated heterocycles. The predicted octanol–water partition coefficient (Wildman–Crippen LogP) is 4.03. The van der Waals surface area contributed by atoms with Crippen LogP contribution in [0.5, 0.6) is 0 Å². The lowest BCUT2D eigenvalue weighted by atomic mass is 10.2. The lowest BCUT2D eigenvalue weighted by Gasteiger charge is -2.08. The first kappa shape index (κ1) is 14.0. The highest BCUT2D eigenvalue weighted by Crippen LogP contribution is 2.28. The van der Waals surface area contributed by atoms with Crippen LogP contribution in [0.25, 0.3) is 10.8 Å². The van der Waals surface area contributed by atoms with Gasteiger partial charge in [-0.15, -0.1) is 0 Å². The monoisotopic (exact) mass is 317 g/mol. The molecule has 1 heterocycles. The smallest absolute Gasteiger partial charge is 0.223 e. The number of halogens is 1. The van der Waals surface area contributed by atoms with Gasteiger partial charge in [-0.25, -0.2) is 13.4 Å². The number of nitrogens with zero attached hydrogens (tertiary/aromatic N) is 1. The van der Waals surface area contributed by atoms with E-state index >= 15 is 0 Å². The van der Waals surface area contributed by atoms with Crippen LogP contribution in [0.4, 0.5) is 0 Å². The van der Waals surface area contributed by atoms with E-state index in [1.165, 1.54) is 0 Å². The van der Waals surface area contributed by atoms with Gasteiger partial charge in [-0.3, -0.25) is 0 Å². The van der Waals surface area contributed by atoms with Crippen molar-refractivity contribution < 1.29 is 8.42 Å². The van der Waals surface area contributed by atoms with Gasteiger partial charge in [0.15, 0.2) is 5.03 Å². The van der Waals surface area contributed by atoms with Crippen molar-refractivity contribution in [1.29, 1.82) is 0 Å². The number of hydrogen-bond acceptors (Lipinski definition) is 3. The summed E-state index contributed by atoms with van der Waals surface area (Å²) in [5.41, 5.74) is 0.998. The largest absolute Gasteiger partial charge is 0.224 e. The van der Waals surface area contributed by atoms with Crippen LogP contribution in [0.3, 0.4) is 0 Å². The van der Waals surface area contributed by atoms with Gasteiger partial charge >= 0.3 is 0 Å². The predicted molar refractivity (Wildman–Crippen MR) is 83.4 cm³/mol. The van der Waals surface area contributed by atoms with Crippen LogP contribution in [-0.2, 0) is 9.84 Å². The Morgan fingerprint density at radius 1 is 1.00 bits per heavy atom. The quantitative estimate of drug-likeness (QED) is 0.670. The highest BCUT2D eigenvalue weighted by molar-refractivity contribution is 7.91. The third-order valence-electron chi connectivity index (χ3n) is 3.26. The highest BCUT2D eigenvalue weighted by Gasteiger charge is 2.22. The second kappa shape index (κ2) is 5.13. The van der Waals surface area contributed by atoms with Gasteiger partial charge in [0.2, 0.25) is 9.84 Å². The summed E-state index contributed by atoms with van der Waals surface area (Å²) in [6, 6.07) is 15.5. The Morgan fingerprint density at radius 3 is 2.38 bits per heavy atom. The minimum atomic E-state index is -3.70. The molecule has 0 fully saturated rings. The van der Waals surface area contributed by atoms with E-state index in [-0.39, 0.29) is 15.1 Å². The molecule has 0 unspecified atom stereocenters. The standard InChI is InChI=1S/C16H12ClNO2S/c1-11-6-8-13(9-7-11)21(19,20)16-14-5-3-2-4-12(14)10-15(17)18-16/h2-10H,1H3. The minimum Gasteiger partial charge on any atom is -0.223 e. The van der Waals surface area contributed by atoms with Gasteiger partial charge in [-0.1, -0.05) is 53.6 Å². The fraction of sp³-hybridized carbons (Fsp3) is 0.0625. The average molecular weight is 318 g/mol. The molecular formula is C16H12ClNO2S. The van der Waals surface area contributed by atoms with Crippen LogP contribution < -0.4 is 0 Å². The van der Waals surface area contributed by atoms with E-state index in [0.29, 0.717) is 5.39 Å². The number of pyridine rings is 1. The van der Waals surface area contributed by atoms with Gasteiger partial charge in [0, 0.05) is 5.39 Å². The zero-order valence-electron chi connectivity index (χ0n) is 11.2. The van der Waals surface area contributed by atoms with Crippen molar-refractivity contribution in [2.24, 2.45) is 0 Å². The SMILES string of the molecule is Cc1ccc(S(=O)(=O)c2nc(Cl)cc3ccccc23)cc1. The molecule has 0 atom stereocenters. The maximum atomic E-state index is 12.8. The van der Waals surface area contributed by atoms with Crippen molar-refractivity contribution in [2.75, 3.05) is 0 Å². The van der Waals surface area contributed by atoms with E-state index in [1.54, 1.807) is 42.5 Å². The molecule has 0 saturated carbocycles. The summed E-state index contributed by atoms with van der Waals surface area (Å²) in [6.45, 7) is 1.91. The van der Waals surface area contributed by atoms with E-state index in [4.69, 9.17) is 11.6 Å². The highest BCUT2D eigenvalue weighted by atomic mass is 35.5. The molecule has 106 valence electrons. The number of aromatic nitrogens is 1. The maximum Gasteiger partial charge on any atom is 0.224 e. The number of hydrogen-bond donors (Lipinski definition) is 0. The molecule has 3 rings (SSSR count). The fourth-order valence-electron chi connectivity index (χ4n) is 2.17. The molecule has 0 aliphatic rings. The van der Waals surface area contributed by atoms with Crippen molar-refractivity contribution in [2.45, 2.75) is 16.8 Å². The Labute approximate surface area is 128 Å². The Kier molecular flexibility index (Phi) is 3.43. The van der Waals surface area contributed by atoms with Crippen LogP contribution in [0.15, 0.2) is 64.5 Å². The van der Waals surface area contributed by atoms with E-state index in [2.05, 4.69) is 4.98 Å². The molecule has 3 aromatic rings. The number of aryl methyl sites for hydroxylation is 1. The van der Waals surface area contributed by atoms with Gasteiger partial charge in [-0.05, 0) is 30.5 Å². The molecule has 0 aliphatic carbocycles. The summed E-state index contributed by atoms with van der Waals surface area (Å²) in [5, 5.41) is 1.49. The molecular weight excluding hydrogens is 306 g/mol. The topological polar surface area (TPSA) is 47.0 Å². The molecule has 21 heavy (non-hydrogen) atoms. The van der Waals surface area contributed by atoms with Crippen LogP contribution in [0.1, 0.15) is 5.56 Å².